The van der Waals surface area contributed by atoms with Crippen LogP contribution >= 0.6 is 15.9 Å². The Balaban J connectivity index is 1.91. The van der Waals surface area contributed by atoms with Crippen molar-refractivity contribution in [3.63, 3.8) is 0 Å². The van der Waals surface area contributed by atoms with Crippen molar-refractivity contribution in [1.29, 1.82) is 0 Å². The van der Waals surface area contributed by atoms with Gasteiger partial charge in [-0.25, -0.2) is 0 Å². The smallest absolute Gasteiger partial charge is 0.244 e. The van der Waals surface area contributed by atoms with Gasteiger partial charge in [0.05, 0.1) is 5.54 Å². The van der Waals surface area contributed by atoms with Crippen LogP contribution in [0.5, 0.6) is 0 Å². The molecule has 1 aliphatic heterocycles. The van der Waals surface area contributed by atoms with Crippen LogP contribution in [-0.4, -0.2) is 18.0 Å². The third-order valence-electron chi connectivity index (χ3n) is 4.24. The Morgan fingerprint density at radius 3 is 2.67 bits per heavy atom. The molecule has 1 unspecified atom stereocenters. The summed E-state index contributed by atoms with van der Waals surface area (Å²) in [5.41, 5.74) is 0.402. The molecule has 1 atom stereocenters. The van der Waals surface area contributed by atoms with Gasteiger partial charge in [0.2, 0.25) is 5.91 Å². The minimum Gasteiger partial charge on any atom is -0.324 e. The minimum absolute atomic E-state index is 0.0506. The van der Waals surface area contributed by atoms with Gasteiger partial charge in [0.25, 0.3) is 0 Å². The number of hydrogen-bond donors (Lipinski definition) is 2. The third kappa shape index (κ3) is 2.83. The minimum atomic E-state index is -0.466. The van der Waals surface area contributed by atoms with Crippen molar-refractivity contribution in [2.75, 3.05) is 11.9 Å². The fraction of sp³-hybridized carbons (Fsp3) is 0.353. The SMILES string of the molecule is CC1(C(=O)Nc2ccc(Br)c3ccccc23)CCCCN1. The summed E-state index contributed by atoms with van der Waals surface area (Å²) in [6.07, 6.45) is 3.12. The van der Waals surface area contributed by atoms with E-state index in [1.54, 1.807) is 0 Å². The molecule has 1 heterocycles. The first-order valence-corrected chi connectivity index (χ1v) is 8.13. The molecule has 2 aromatic carbocycles. The van der Waals surface area contributed by atoms with Gasteiger partial charge in [-0.3, -0.25) is 4.79 Å². The highest BCUT2D eigenvalue weighted by atomic mass is 79.9. The average molecular weight is 347 g/mol. The van der Waals surface area contributed by atoms with Gasteiger partial charge in [0.15, 0.2) is 0 Å². The summed E-state index contributed by atoms with van der Waals surface area (Å²) < 4.78 is 1.04. The average Bonchev–Trinajstić information content (AvgIpc) is 2.51. The Hall–Kier alpha value is -1.39. The highest BCUT2D eigenvalue weighted by Gasteiger charge is 2.34. The van der Waals surface area contributed by atoms with Gasteiger partial charge in [-0.1, -0.05) is 40.2 Å². The second-order valence-corrected chi connectivity index (χ2v) is 6.66. The van der Waals surface area contributed by atoms with Crippen LogP contribution in [0.2, 0.25) is 0 Å². The number of fused-ring (bicyclic) bond motifs is 1. The summed E-state index contributed by atoms with van der Waals surface area (Å²) in [5.74, 6) is 0.0506. The number of halogens is 1. The first kappa shape index (κ1) is 14.5. The first-order valence-electron chi connectivity index (χ1n) is 7.34. The molecule has 0 aliphatic carbocycles. The second-order valence-electron chi connectivity index (χ2n) is 5.81. The molecule has 4 heteroatoms. The summed E-state index contributed by atoms with van der Waals surface area (Å²) in [6, 6.07) is 12.0. The summed E-state index contributed by atoms with van der Waals surface area (Å²) >= 11 is 3.56. The molecule has 1 amide bonds. The van der Waals surface area contributed by atoms with E-state index >= 15 is 0 Å². The predicted octanol–water partition coefficient (Wildman–Crippen LogP) is 4.07. The van der Waals surface area contributed by atoms with Crippen molar-refractivity contribution >= 4 is 38.3 Å². The zero-order chi connectivity index (χ0) is 14.9. The number of anilines is 1. The molecule has 3 nitrogen and oxygen atoms in total. The summed E-state index contributed by atoms with van der Waals surface area (Å²) in [4.78, 5) is 12.6. The molecule has 0 saturated carbocycles. The Bertz CT molecular complexity index is 678. The van der Waals surface area contributed by atoms with Crippen LogP contribution in [-0.2, 0) is 4.79 Å². The molecule has 1 saturated heterocycles. The first-order chi connectivity index (χ1) is 10.1. The van der Waals surface area contributed by atoms with Crippen LogP contribution in [0, 0.1) is 0 Å². The van der Waals surface area contributed by atoms with Gasteiger partial charge in [0.1, 0.15) is 0 Å². The Morgan fingerprint density at radius 1 is 1.19 bits per heavy atom. The quantitative estimate of drug-likeness (QED) is 0.860. The lowest BCUT2D eigenvalue weighted by atomic mass is 9.90. The summed E-state index contributed by atoms with van der Waals surface area (Å²) in [7, 11) is 0. The van der Waals surface area contributed by atoms with E-state index in [9.17, 15) is 4.79 Å². The van der Waals surface area contributed by atoms with E-state index in [0.29, 0.717) is 0 Å². The molecular weight excluding hydrogens is 328 g/mol. The van der Waals surface area contributed by atoms with E-state index in [1.807, 2.05) is 37.3 Å². The van der Waals surface area contributed by atoms with E-state index in [4.69, 9.17) is 0 Å². The molecule has 2 aromatic rings. The van der Waals surface area contributed by atoms with E-state index < -0.39 is 5.54 Å². The number of carbonyl (C=O) groups is 1. The molecule has 0 spiro atoms. The van der Waals surface area contributed by atoms with Crippen LogP contribution in [0.3, 0.4) is 0 Å². The molecule has 1 fully saturated rings. The molecule has 0 bridgehead atoms. The maximum Gasteiger partial charge on any atom is 0.244 e. The van der Waals surface area contributed by atoms with Crippen LogP contribution in [0.4, 0.5) is 5.69 Å². The van der Waals surface area contributed by atoms with Gasteiger partial charge < -0.3 is 10.6 Å². The number of amides is 1. The predicted molar refractivity (Wildman–Crippen MR) is 90.5 cm³/mol. The van der Waals surface area contributed by atoms with Gasteiger partial charge in [0, 0.05) is 15.5 Å². The largest absolute Gasteiger partial charge is 0.324 e. The van der Waals surface area contributed by atoms with E-state index in [-0.39, 0.29) is 5.91 Å². The fourth-order valence-electron chi connectivity index (χ4n) is 2.88. The topological polar surface area (TPSA) is 41.1 Å². The highest BCUT2D eigenvalue weighted by Crippen LogP contribution is 2.31. The van der Waals surface area contributed by atoms with Crippen molar-refractivity contribution in [2.45, 2.75) is 31.7 Å². The lowest BCUT2D eigenvalue weighted by molar-refractivity contribution is -0.122. The molecule has 3 rings (SSSR count). The van der Waals surface area contributed by atoms with Crippen molar-refractivity contribution in [3.05, 3.63) is 40.9 Å². The third-order valence-corrected chi connectivity index (χ3v) is 4.93. The standard InChI is InChI=1S/C17H19BrN2O/c1-17(10-4-5-11-19-17)16(21)20-15-9-8-14(18)12-6-2-3-7-13(12)15/h2-3,6-9,19H,4-5,10-11H2,1H3,(H,20,21). The van der Waals surface area contributed by atoms with Gasteiger partial charge >= 0.3 is 0 Å². The molecule has 0 aromatic heterocycles. The van der Waals surface area contributed by atoms with E-state index in [1.165, 1.54) is 0 Å². The van der Waals surface area contributed by atoms with Gasteiger partial charge in [-0.05, 0) is 50.2 Å². The number of nitrogens with one attached hydrogen (secondary N) is 2. The van der Waals surface area contributed by atoms with Crippen LogP contribution in [0.25, 0.3) is 10.8 Å². The van der Waals surface area contributed by atoms with Crippen LogP contribution < -0.4 is 10.6 Å². The van der Waals surface area contributed by atoms with Gasteiger partial charge in [-0.15, -0.1) is 0 Å². The van der Waals surface area contributed by atoms with E-state index in [2.05, 4.69) is 32.6 Å². The van der Waals surface area contributed by atoms with Crippen molar-refractivity contribution < 1.29 is 4.79 Å². The molecule has 0 radical (unpaired) electrons. The summed E-state index contributed by atoms with van der Waals surface area (Å²) in [6.45, 7) is 2.90. The molecular formula is C17H19BrN2O. The van der Waals surface area contributed by atoms with Crippen LogP contribution in [0.1, 0.15) is 26.2 Å². The number of rotatable bonds is 2. The van der Waals surface area contributed by atoms with Crippen LogP contribution in [0.15, 0.2) is 40.9 Å². The lowest BCUT2D eigenvalue weighted by Gasteiger charge is -2.33. The number of carbonyl (C=O) groups excluding carboxylic acids is 1. The second kappa shape index (κ2) is 5.78. The van der Waals surface area contributed by atoms with Crippen molar-refractivity contribution in [2.24, 2.45) is 0 Å². The van der Waals surface area contributed by atoms with Crippen molar-refractivity contribution in [3.8, 4) is 0 Å². The molecule has 1 aliphatic rings. The molecule has 2 N–H and O–H groups in total. The number of benzene rings is 2. The monoisotopic (exact) mass is 346 g/mol. The Kier molecular flexibility index (Phi) is 4.00. The molecule has 21 heavy (non-hydrogen) atoms. The highest BCUT2D eigenvalue weighted by molar-refractivity contribution is 9.10. The maximum atomic E-state index is 12.6. The summed E-state index contributed by atoms with van der Waals surface area (Å²) in [5, 5.41) is 8.62. The van der Waals surface area contributed by atoms with E-state index in [0.717, 1.165) is 46.7 Å². The van der Waals surface area contributed by atoms with Crippen molar-refractivity contribution in [1.82, 2.24) is 5.32 Å². The fourth-order valence-corrected chi connectivity index (χ4v) is 3.36. The normalized spacial score (nSPS) is 22.2. The Labute approximate surface area is 133 Å². The number of hydrogen-bond acceptors (Lipinski definition) is 2. The molecule has 110 valence electrons. The Morgan fingerprint density at radius 2 is 1.95 bits per heavy atom. The van der Waals surface area contributed by atoms with Gasteiger partial charge in [-0.2, -0.15) is 0 Å². The zero-order valence-electron chi connectivity index (χ0n) is 12.1. The maximum absolute atomic E-state index is 12.6. The number of piperidine rings is 1. The lowest BCUT2D eigenvalue weighted by Crippen LogP contribution is -2.54. The zero-order valence-corrected chi connectivity index (χ0v) is 13.7.